The van der Waals surface area contributed by atoms with Gasteiger partial charge < -0.3 is 0 Å². The van der Waals surface area contributed by atoms with Crippen LogP contribution in [0.1, 0.15) is 0 Å². The molecular weight excluding hydrogens is 186 g/mol. The maximum Gasteiger partial charge on any atom is 0.124 e. The second-order valence-electron chi connectivity index (χ2n) is 2.61. The molecule has 0 bridgehead atoms. The summed E-state index contributed by atoms with van der Waals surface area (Å²) in [6.07, 6.45) is 1.85. The fourth-order valence-electron chi connectivity index (χ4n) is 1.34. The summed E-state index contributed by atoms with van der Waals surface area (Å²) in [6.45, 7) is 0. The molecule has 3 aromatic heterocycles. The Morgan fingerprint density at radius 2 is 2.17 bits per heavy atom. The first-order chi connectivity index (χ1) is 5.95. The zero-order valence-corrected chi connectivity index (χ0v) is 7.78. The number of nitrogens with zero attached hydrogens (tertiary/aromatic N) is 1. The van der Waals surface area contributed by atoms with Crippen LogP contribution in [0.3, 0.4) is 0 Å². The van der Waals surface area contributed by atoms with E-state index in [4.69, 9.17) is 0 Å². The molecule has 0 atom stereocenters. The van der Waals surface area contributed by atoms with Crippen LogP contribution in [-0.4, -0.2) is 4.98 Å². The number of hydrogen-bond acceptors (Lipinski definition) is 3. The van der Waals surface area contributed by atoms with Crippen molar-refractivity contribution < 1.29 is 0 Å². The molecule has 0 N–H and O–H groups in total. The maximum absolute atomic E-state index is 4.31. The third-order valence-corrected chi connectivity index (χ3v) is 3.86. The van der Waals surface area contributed by atoms with Crippen molar-refractivity contribution in [3.05, 3.63) is 29.1 Å². The molecular formula is C9H5NS2. The normalized spacial score (nSPS) is 11.3. The van der Waals surface area contributed by atoms with Gasteiger partial charge in [0.2, 0.25) is 0 Å². The summed E-state index contributed by atoms with van der Waals surface area (Å²) in [5, 5.41) is 7.02. The minimum Gasteiger partial charge on any atom is -0.245 e. The summed E-state index contributed by atoms with van der Waals surface area (Å²) in [7, 11) is 0. The van der Waals surface area contributed by atoms with Crippen LogP contribution < -0.4 is 0 Å². The zero-order chi connectivity index (χ0) is 7.97. The quantitative estimate of drug-likeness (QED) is 0.530. The smallest absolute Gasteiger partial charge is 0.124 e. The fourth-order valence-corrected chi connectivity index (χ4v) is 3.37. The Bertz CT molecular complexity index is 534. The third kappa shape index (κ3) is 0.750. The van der Waals surface area contributed by atoms with Gasteiger partial charge in [0.1, 0.15) is 4.83 Å². The predicted molar refractivity (Wildman–Crippen MR) is 55.0 cm³/mol. The molecule has 1 nitrogen and oxygen atoms in total. The number of thiophene rings is 2. The van der Waals surface area contributed by atoms with Crippen LogP contribution in [0.15, 0.2) is 29.1 Å². The molecule has 0 amide bonds. The van der Waals surface area contributed by atoms with Crippen LogP contribution in [0.4, 0.5) is 0 Å². The summed E-state index contributed by atoms with van der Waals surface area (Å²) in [5.41, 5.74) is 0. The van der Waals surface area contributed by atoms with E-state index in [1.165, 1.54) is 15.5 Å². The van der Waals surface area contributed by atoms with Crippen molar-refractivity contribution in [1.82, 2.24) is 4.98 Å². The SMILES string of the molecule is c1cnc2sc3cscc3c2c1. The molecule has 0 unspecified atom stereocenters. The number of fused-ring (bicyclic) bond motifs is 3. The second kappa shape index (κ2) is 2.28. The van der Waals surface area contributed by atoms with Gasteiger partial charge in [-0.05, 0) is 12.1 Å². The minimum atomic E-state index is 1.15. The molecule has 0 aliphatic heterocycles. The lowest BCUT2D eigenvalue weighted by Crippen LogP contribution is -1.66. The van der Waals surface area contributed by atoms with Crippen molar-refractivity contribution in [3.8, 4) is 0 Å². The van der Waals surface area contributed by atoms with Crippen LogP contribution >= 0.6 is 22.7 Å². The summed E-state index contributed by atoms with van der Waals surface area (Å²) in [4.78, 5) is 5.46. The molecule has 0 saturated carbocycles. The van der Waals surface area contributed by atoms with E-state index in [9.17, 15) is 0 Å². The predicted octanol–water partition coefficient (Wildman–Crippen LogP) is 3.51. The first kappa shape index (κ1) is 6.57. The highest BCUT2D eigenvalue weighted by Crippen LogP contribution is 2.34. The number of hydrogen-bond donors (Lipinski definition) is 0. The molecule has 0 spiro atoms. The van der Waals surface area contributed by atoms with Crippen molar-refractivity contribution in [1.29, 1.82) is 0 Å². The van der Waals surface area contributed by atoms with E-state index < -0.39 is 0 Å². The molecule has 12 heavy (non-hydrogen) atoms. The number of aromatic nitrogens is 1. The monoisotopic (exact) mass is 191 g/mol. The van der Waals surface area contributed by atoms with Crippen LogP contribution in [0.5, 0.6) is 0 Å². The first-order valence-electron chi connectivity index (χ1n) is 3.64. The van der Waals surface area contributed by atoms with Gasteiger partial charge in [-0.25, -0.2) is 4.98 Å². The highest BCUT2D eigenvalue weighted by Gasteiger charge is 2.04. The van der Waals surface area contributed by atoms with Gasteiger partial charge >= 0.3 is 0 Å². The average molecular weight is 191 g/mol. The van der Waals surface area contributed by atoms with E-state index >= 15 is 0 Å². The van der Waals surface area contributed by atoms with Crippen LogP contribution in [0, 0.1) is 0 Å². The molecule has 0 radical (unpaired) electrons. The van der Waals surface area contributed by atoms with Crippen LogP contribution in [0.25, 0.3) is 20.3 Å². The van der Waals surface area contributed by atoms with Crippen molar-refractivity contribution >= 4 is 43.0 Å². The summed E-state index contributed by atoms with van der Waals surface area (Å²) < 4.78 is 1.36. The Hall–Kier alpha value is -0.930. The van der Waals surface area contributed by atoms with E-state index in [-0.39, 0.29) is 0 Å². The lowest BCUT2D eigenvalue weighted by atomic mass is 10.3. The largest absolute Gasteiger partial charge is 0.245 e. The summed E-state index contributed by atoms with van der Waals surface area (Å²) in [6, 6.07) is 4.13. The molecule has 3 heterocycles. The Labute approximate surface area is 77.3 Å². The number of pyridine rings is 1. The molecule has 0 fully saturated rings. The van der Waals surface area contributed by atoms with E-state index in [2.05, 4.69) is 21.8 Å². The topological polar surface area (TPSA) is 12.9 Å². The third-order valence-electron chi connectivity index (χ3n) is 1.89. The fraction of sp³-hybridized carbons (Fsp3) is 0. The van der Waals surface area contributed by atoms with Gasteiger partial charge in [0.15, 0.2) is 0 Å². The van der Waals surface area contributed by atoms with E-state index in [0.717, 1.165) is 4.83 Å². The molecule has 3 heteroatoms. The standard InChI is InChI=1S/C9H5NS2/c1-2-6-7-4-11-5-8(7)12-9(6)10-3-1/h1-5H. The van der Waals surface area contributed by atoms with E-state index in [0.29, 0.717) is 0 Å². The van der Waals surface area contributed by atoms with Gasteiger partial charge in [-0.15, -0.1) is 11.3 Å². The van der Waals surface area contributed by atoms with Gasteiger partial charge in [-0.3, -0.25) is 0 Å². The van der Waals surface area contributed by atoms with E-state index in [1.54, 1.807) is 22.7 Å². The molecule has 0 aliphatic rings. The molecule has 58 valence electrons. The lowest BCUT2D eigenvalue weighted by molar-refractivity contribution is 1.45. The summed E-state index contributed by atoms with van der Waals surface area (Å²) in [5.74, 6) is 0. The van der Waals surface area contributed by atoms with Crippen molar-refractivity contribution in [2.24, 2.45) is 0 Å². The first-order valence-corrected chi connectivity index (χ1v) is 5.40. The molecule has 3 rings (SSSR count). The maximum atomic E-state index is 4.31. The zero-order valence-electron chi connectivity index (χ0n) is 6.15. The highest BCUT2D eigenvalue weighted by atomic mass is 32.1. The van der Waals surface area contributed by atoms with Crippen molar-refractivity contribution in [2.45, 2.75) is 0 Å². The number of rotatable bonds is 0. The highest BCUT2D eigenvalue weighted by molar-refractivity contribution is 7.28. The molecule has 3 aromatic rings. The van der Waals surface area contributed by atoms with Gasteiger partial charge in [0.05, 0.1) is 0 Å². The minimum absolute atomic E-state index is 1.15. The summed E-state index contributed by atoms with van der Waals surface area (Å²) >= 11 is 3.52. The Morgan fingerprint density at radius 3 is 3.17 bits per heavy atom. The Balaban J connectivity index is 2.68. The second-order valence-corrected chi connectivity index (χ2v) is 4.38. The van der Waals surface area contributed by atoms with Crippen molar-refractivity contribution in [3.63, 3.8) is 0 Å². The molecule has 0 saturated heterocycles. The van der Waals surface area contributed by atoms with Crippen LogP contribution in [0.2, 0.25) is 0 Å². The Morgan fingerprint density at radius 1 is 1.17 bits per heavy atom. The lowest BCUT2D eigenvalue weighted by Gasteiger charge is -1.84. The molecule has 0 aromatic carbocycles. The van der Waals surface area contributed by atoms with Gasteiger partial charge in [-0.2, -0.15) is 11.3 Å². The van der Waals surface area contributed by atoms with Gasteiger partial charge in [-0.1, -0.05) is 0 Å². The van der Waals surface area contributed by atoms with Gasteiger partial charge in [0, 0.05) is 32.4 Å². The van der Waals surface area contributed by atoms with Crippen molar-refractivity contribution in [2.75, 3.05) is 0 Å². The van der Waals surface area contributed by atoms with Crippen LogP contribution in [-0.2, 0) is 0 Å². The Kier molecular flexibility index (Phi) is 1.25. The molecule has 0 aliphatic carbocycles. The van der Waals surface area contributed by atoms with E-state index in [1.807, 2.05) is 12.3 Å². The average Bonchev–Trinajstić information content (AvgIpc) is 2.62. The van der Waals surface area contributed by atoms with Gasteiger partial charge in [0.25, 0.3) is 0 Å².